The molecule has 100 valence electrons. The summed E-state index contributed by atoms with van der Waals surface area (Å²) in [6.45, 7) is 4.01. The van der Waals surface area contributed by atoms with E-state index in [9.17, 15) is 4.79 Å². The lowest BCUT2D eigenvalue weighted by atomic mass is 10.2. The molecular weight excluding hydrogens is 268 g/mol. The number of halogens is 1. The Morgan fingerprint density at radius 1 is 1.47 bits per heavy atom. The van der Waals surface area contributed by atoms with E-state index >= 15 is 0 Å². The van der Waals surface area contributed by atoms with Gasteiger partial charge in [-0.15, -0.1) is 0 Å². The van der Waals surface area contributed by atoms with Crippen LogP contribution in [0.25, 0.3) is 0 Å². The lowest BCUT2D eigenvalue weighted by Gasteiger charge is -2.07. The first-order valence-corrected chi connectivity index (χ1v) is 6.18. The van der Waals surface area contributed by atoms with Crippen molar-refractivity contribution in [3.63, 3.8) is 0 Å². The zero-order chi connectivity index (χ0) is 13.8. The zero-order valence-corrected chi connectivity index (χ0v) is 11.3. The molecule has 0 saturated heterocycles. The number of ether oxygens (including phenoxy) is 1. The maximum Gasteiger partial charge on any atom is 0.229 e. The highest BCUT2D eigenvalue weighted by Crippen LogP contribution is 2.28. The van der Waals surface area contributed by atoms with Crippen molar-refractivity contribution in [2.24, 2.45) is 0 Å². The van der Waals surface area contributed by atoms with E-state index in [-0.39, 0.29) is 12.5 Å². The van der Waals surface area contributed by atoms with Crippen LogP contribution < -0.4 is 4.74 Å². The average molecular weight is 281 g/mol. The first-order chi connectivity index (χ1) is 9.11. The molecule has 2 aromatic rings. The van der Waals surface area contributed by atoms with Gasteiger partial charge in [0.1, 0.15) is 5.75 Å². The molecule has 0 bridgehead atoms. The maximum absolute atomic E-state index is 10.9. The molecule has 0 N–H and O–H groups in total. The van der Waals surface area contributed by atoms with Gasteiger partial charge in [0.05, 0.1) is 10.6 Å². The zero-order valence-electron chi connectivity index (χ0n) is 10.6. The molecule has 0 fully saturated rings. The summed E-state index contributed by atoms with van der Waals surface area (Å²) in [6.07, 6.45) is 0.691. The predicted octanol–water partition coefficient (Wildman–Crippen LogP) is 3.24. The molecule has 2 rings (SSSR count). The van der Waals surface area contributed by atoms with Gasteiger partial charge >= 0.3 is 0 Å². The van der Waals surface area contributed by atoms with E-state index in [0.29, 0.717) is 34.3 Å². The van der Waals surface area contributed by atoms with Crippen LogP contribution in [0.4, 0.5) is 0 Å². The van der Waals surface area contributed by atoms with Crippen LogP contribution in [0.2, 0.25) is 5.02 Å². The van der Waals surface area contributed by atoms with Gasteiger partial charge in [0, 0.05) is 5.92 Å². The Kier molecular flexibility index (Phi) is 4.16. The standard InChI is InChI=1S/C13H13ClN2O3/c1-8(2)13-15-11(16-19-13)7-18-12-9(6-17)4-3-5-10(12)14/h3-6,8H,7H2,1-2H3. The van der Waals surface area contributed by atoms with Gasteiger partial charge in [-0.1, -0.05) is 36.7 Å². The third kappa shape index (κ3) is 3.12. The monoisotopic (exact) mass is 280 g/mol. The molecule has 1 aromatic heterocycles. The van der Waals surface area contributed by atoms with Gasteiger partial charge < -0.3 is 9.26 Å². The smallest absolute Gasteiger partial charge is 0.229 e. The SMILES string of the molecule is CC(C)c1nc(COc2c(Cl)cccc2C=O)no1. The van der Waals surface area contributed by atoms with Crippen molar-refractivity contribution in [2.45, 2.75) is 26.4 Å². The van der Waals surface area contributed by atoms with Crippen molar-refractivity contribution in [2.75, 3.05) is 0 Å². The molecule has 1 aromatic carbocycles. The van der Waals surface area contributed by atoms with Gasteiger partial charge in [0.25, 0.3) is 0 Å². The Balaban J connectivity index is 2.12. The number of carbonyl (C=O) groups is 1. The molecule has 0 saturated carbocycles. The molecule has 0 aliphatic rings. The highest BCUT2D eigenvalue weighted by Gasteiger charge is 2.12. The van der Waals surface area contributed by atoms with Crippen LogP contribution in [-0.2, 0) is 6.61 Å². The van der Waals surface area contributed by atoms with Gasteiger partial charge in [-0.05, 0) is 12.1 Å². The number of hydrogen-bond acceptors (Lipinski definition) is 5. The van der Waals surface area contributed by atoms with Gasteiger partial charge in [-0.3, -0.25) is 4.79 Å². The Morgan fingerprint density at radius 3 is 2.89 bits per heavy atom. The summed E-state index contributed by atoms with van der Waals surface area (Å²) in [7, 11) is 0. The first kappa shape index (κ1) is 13.5. The Morgan fingerprint density at radius 2 is 2.26 bits per heavy atom. The fraction of sp³-hybridized carbons (Fsp3) is 0.308. The normalized spacial score (nSPS) is 10.7. The summed E-state index contributed by atoms with van der Waals surface area (Å²) < 4.78 is 10.5. The topological polar surface area (TPSA) is 65.2 Å². The van der Waals surface area contributed by atoms with Crippen molar-refractivity contribution >= 4 is 17.9 Å². The fourth-order valence-electron chi connectivity index (χ4n) is 1.47. The molecule has 5 nitrogen and oxygen atoms in total. The number of benzene rings is 1. The fourth-order valence-corrected chi connectivity index (χ4v) is 1.70. The third-order valence-corrected chi connectivity index (χ3v) is 2.75. The highest BCUT2D eigenvalue weighted by molar-refractivity contribution is 6.32. The van der Waals surface area contributed by atoms with E-state index in [1.807, 2.05) is 13.8 Å². The average Bonchev–Trinajstić information content (AvgIpc) is 2.86. The summed E-state index contributed by atoms with van der Waals surface area (Å²) in [4.78, 5) is 15.1. The summed E-state index contributed by atoms with van der Waals surface area (Å²) in [6, 6.07) is 4.97. The van der Waals surface area contributed by atoms with Crippen molar-refractivity contribution in [1.29, 1.82) is 0 Å². The van der Waals surface area contributed by atoms with E-state index < -0.39 is 0 Å². The second-order valence-electron chi connectivity index (χ2n) is 4.27. The molecule has 1 heterocycles. The molecule has 0 radical (unpaired) electrons. The minimum Gasteiger partial charge on any atom is -0.483 e. The van der Waals surface area contributed by atoms with Crippen LogP contribution in [0.15, 0.2) is 22.7 Å². The maximum atomic E-state index is 10.9. The Labute approximate surface area is 115 Å². The number of para-hydroxylation sites is 1. The minimum atomic E-state index is 0.0980. The molecule has 0 atom stereocenters. The molecule has 0 aliphatic carbocycles. The van der Waals surface area contributed by atoms with E-state index in [4.69, 9.17) is 20.9 Å². The van der Waals surface area contributed by atoms with E-state index in [1.165, 1.54) is 0 Å². The van der Waals surface area contributed by atoms with Crippen LogP contribution in [0.5, 0.6) is 5.75 Å². The molecule has 6 heteroatoms. The van der Waals surface area contributed by atoms with E-state index in [1.54, 1.807) is 18.2 Å². The van der Waals surface area contributed by atoms with Gasteiger partial charge in [-0.25, -0.2) is 0 Å². The van der Waals surface area contributed by atoms with Crippen LogP contribution in [0, 0.1) is 0 Å². The predicted molar refractivity (Wildman–Crippen MR) is 69.6 cm³/mol. The number of aromatic nitrogens is 2. The number of carbonyl (C=O) groups excluding carboxylic acids is 1. The minimum absolute atomic E-state index is 0.0980. The van der Waals surface area contributed by atoms with Gasteiger partial charge in [0.2, 0.25) is 11.7 Å². The highest BCUT2D eigenvalue weighted by atomic mass is 35.5. The number of aldehydes is 1. The molecule has 0 spiro atoms. The third-order valence-electron chi connectivity index (χ3n) is 2.45. The largest absolute Gasteiger partial charge is 0.483 e. The van der Waals surface area contributed by atoms with Crippen molar-refractivity contribution in [3.05, 3.63) is 40.5 Å². The second-order valence-corrected chi connectivity index (χ2v) is 4.68. The molecule has 0 amide bonds. The van der Waals surface area contributed by atoms with Crippen LogP contribution in [-0.4, -0.2) is 16.4 Å². The lowest BCUT2D eigenvalue weighted by Crippen LogP contribution is -2.01. The lowest BCUT2D eigenvalue weighted by molar-refractivity contribution is 0.111. The van der Waals surface area contributed by atoms with Crippen molar-refractivity contribution in [3.8, 4) is 5.75 Å². The molecule has 0 unspecified atom stereocenters. The summed E-state index contributed by atoms with van der Waals surface area (Å²) in [5, 5.41) is 4.17. The Bertz CT molecular complexity index is 581. The summed E-state index contributed by atoms with van der Waals surface area (Å²) in [5.74, 6) is 1.45. The van der Waals surface area contributed by atoms with E-state index in [2.05, 4.69) is 10.1 Å². The van der Waals surface area contributed by atoms with Gasteiger partial charge in [0.15, 0.2) is 12.9 Å². The number of rotatable bonds is 5. The first-order valence-electron chi connectivity index (χ1n) is 5.80. The number of hydrogen-bond donors (Lipinski definition) is 0. The number of nitrogens with zero attached hydrogens (tertiary/aromatic N) is 2. The van der Waals surface area contributed by atoms with E-state index in [0.717, 1.165) is 0 Å². The van der Waals surface area contributed by atoms with Crippen LogP contribution in [0.3, 0.4) is 0 Å². The second kappa shape index (κ2) is 5.84. The molecule has 19 heavy (non-hydrogen) atoms. The molecule has 0 aliphatic heterocycles. The molecular formula is C13H13ClN2O3. The summed E-state index contributed by atoms with van der Waals surface area (Å²) in [5.41, 5.74) is 0.389. The van der Waals surface area contributed by atoms with Gasteiger partial charge in [-0.2, -0.15) is 4.98 Å². The Hall–Kier alpha value is -1.88. The van der Waals surface area contributed by atoms with Crippen LogP contribution >= 0.6 is 11.6 Å². The van der Waals surface area contributed by atoms with Crippen LogP contribution in [0.1, 0.15) is 41.8 Å². The summed E-state index contributed by atoms with van der Waals surface area (Å²) >= 11 is 5.98. The van der Waals surface area contributed by atoms with Crippen molar-refractivity contribution in [1.82, 2.24) is 10.1 Å². The van der Waals surface area contributed by atoms with Crippen molar-refractivity contribution < 1.29 is 14.1 Å². The quantitative estimate of drug-likeness (QED) is 0.787.